The fourth-order valence-electron chi connectivity index (χ4n) is 5.86. The first kappa shape index (κ1) is 33.7. The van der Waals surface area contributed by atoms with Gasteiger partial charge in [0.15, 0.2) is 23.0 Å². The molecule has 0 N–H and O–H groups in total. The molecule has 0 radical (unpaired) electrons. The molecule has 4 aromatic rings. The quantitative estimate of drug-likeness (QED) is 0.0747. The van der Waals surface area contributed by atoms with E-state index in [1.165, 1.54) is 58.4 Å². The molecule has 0 aliphatic rings. The highest BCUT2D eigenvalue weighted by Gasteiger charge is 2.18. The molecule has 0 atom stereocenters. The van der Waals surface area contributed by atoms with E-state index in [2.05, 4.69) is 77.9 Å². The predicted molar refractivity (Wildman–Crippen MR) is 189 cm³/mol. The lowest BCUT2D eigenvalue weighted by Crippen LogP contribution is -2.04. The standard InChI is InChI=1S/C40H56O4/c1-7-11-15-19-41-37-25-33-31-23-29(5)30(6)24-32(31)34-26-38(42-20-16-12-8-2)40(44-22-18-14-10-4)28-36(34)35(33)27-39(37)43-21-17-13-9-3/h23-28H,7-22H2,1-6H3. The summed E-state index contributed by atoms with van der Waals surface area (Å²) in [5.74, 6) is 3.35. The van der Waals surface area contributed by atoms with Crippen molar-refractivity contribution in [1.29, 1.82) is 0 Å². The summed E-state index contributed by atoms with van der Waals surface area (Å²) in [7, 11) is 0. The summed E-state index contributed by atoms with van der Waals surface area (Å²) >= 11 is 0. The van der Waals surface area contributed by atoms with Crippen molar-refractivity contribution in [1.82, 2.24) is 0 Å². The maximum atomic E-state index is 6.45. The number of rotatable bonds is 20. The topological polar surface area (TPSA) is 36.9 Å². The van der Waals surface area contributed by atoms with Crippen LogP contribution in [-0.2, 0) is 0 Å². The Bertz CT molecular complexity index is 1380. The number of fused-ring (bicyclic) bond motifs is 6. The number of benzene rings is 4. The van der Waals surface area contributed by atoms with Crippen molar-refractivity contribution in [3.63, 3.8) is 0 Å². The van der Waals surface area contributed by atoms with Gasteiger partial charge in [0.2, 0.25) is 0 Å². The number of ether oxygens (including phenoxy) is 4. The van der Waals surface area contributed by atoms with Crippen molar-refractivity contribution >= 4 is 32.3 Å². The zero-order chi connectivity index (χ0) is 31.3. The van der Waals surface area contributed by atoms with E-state index >= 15 is 0 Å². The maximum Gasteiger partial charge on any atom is 0.161 e. The van der Waals surface area contributed by atoms with Gasteiger partial charge >= 0.3 is 0 Å². The first-order valence-corrected chi connectivity index (χ1v) is 17.5. The van der Waals surface area contributed by atoms with Crippen LogP contribution in [0.5, 0.6) is 23.0 Å². The fourth-order valence-corrected chi connectivity index (χ4v) is 5.86. The molecule has 0 bridgehead atoms. The zero-order valence-electron chi connectivity index (χ0n) is 28.4. The Hall–Kier alpha value is -3.14. The highest BCUT2D eigenvalue weighted by Crippen LogP contribution is 2.45. The first-order valence-electron chi connectivity index (χ1n) is 17.5. The van der Waals surface area contributed by atoms with Gasteiger partial charge in [0.1, 0.15) is 0 Å². The Morgan fingerprint density at radius 2 is 0.568 bits per heavy atom. The van der Waals surface area contributed by atoms with Crippen LogP contribution in [0.1, 0.15) is 116 Å². The summed E-state index contributed by atoms with van der Waals surface area (Å²) < 4.78 is 25.8. The largest absolute Gasteiger partial charge is 0.490 e. The predicted octanol–water partition coefficient (Wildman–Crippen LogP) is 12.0. The first-order chi connectivity index (χ1) is 21.5. The monoisotopic (exact) mass is 600 g/mol. The Morgan fingerprint density at radius 3 is 0.795 bits per heavy atom. The van der Waals surface area contributed by atoms with Crippen molar-refractivity contribution in [2.45, 2.75) is 119 Å². The van der Waals surface area contributed by atoms with E-state index in [-0.39, 0.29) is 0 Å². The zero-order valence-corrected chi connectivity index (χ0v) is 28.4. The molecule has 0 spiro atoms. The van der Waals surface area contributed by atoms with E-state index in [9.17, 15) is 0 Å². The second-order valence-corrected chi connectivity index (χ2v) is 12.4. The minimum atomic E-state index is 0.690. The summed E-state index contributed by atoms with van der Waals surface area (Å²) in [6, 6.07) is 13.6. The lowest BCUT2D eigenvalue weighted by atomic mass is 9.91. The Kier molecular flexibility index (Phi) is 13.3. The van der Waals surface area contributed by atoms with Crippen LogP contribution >= 0.6 is 0 Å². The van der Waals surface area contributed by atoms with Crippen molar-refractivity contribution in [2.24, 2.45) is 0 Å². The molecule has 44 heavy (non-hydrogen) atoms. The van der Waals surface area contributed by atoms with Crippen LogP contribution in [0.4, 0.5) is 0 Å². The summed E-state index contributed by atoms with van der Waals surface area (Å²) in [5, 5.41) is 7.18. The Labute approximate surface area is 266 Å². The lowest BCUT2D eigenvalue weighted by Gasteiger charge is -2.20. The molecule has 0 heterocycles. The summed E-state index contributed by atoms with van der Waals surface area (Å²) in [6.07, 6.45) is 13.5. The summed E-state index contributed by atoms with van der Waals surface area (Å²) in [5.41, 5.74) is 2.57. The van der Waals surface area contributed by atoms with Gasteiger partial charge in [-0.15, -0.1) is 0 Å². The molecule has 240 valence electrons. The molecule has 0 unspecified atom stereocenters. The molecule has 4 heteroatoms. The SMILES string of the molecule is CCCCCOc1cc2c3cc(C)c(C)cc3c3cc(OCCCCC)c(OCCCCC)cc3c2cc1OCCCCC. The molecular weight excluding hydrogens is 544 g/mol. The number of hydrogen-bond donors (Lipinski definition) is 0. The average molecular weight is 601 g/mol. The molecule has 4 nitrogen and oxygen atoms in total. The molecule has 0 fully saturated rings. The van der Waals surface area contributed by atoms with Gasteiger partial charge in [-0.2, -0.15) is 0 Å². The van der Waals surface area contributed by atoms with E-state index in [4.69, 9.17) is 18.9 Å². The highest BCUT2D eigenvalue weighted by molar-refractivity contribution is 6.26. The maximum absolute atomic E-state index is 6.45. The van der Waals surface area contributed by atoms with Gasteiger partial charge in [-0.3, -0.25) is 0 Å². The van der Waals surface area contributed by atoms with E-state index in [1.54, 1.807) is 0 Å². The van der Waals surface area contributed by atoms with Crippen LogP contribution in [0, 0.1) is 13.8 Å². The van der Waals surface area contributed by atoms with Crippen molar-refractivity contribution in [3.8, 4) is 23.0 Å². The minimum absolute atomic E-state index is 0.690. The van der Waals surface area contributed by atoms with E-state index in [0.717, 1.165) is 85.1 Å². The third-order valence-electron chi connectivity index (χ3n) is 8.69. The minimum Gasteiger partial charge on any atom is -0.490 e. The van der Waals surface area contributed by atoms with Crippen LogP contribution in [-0.4, -0.2) is 26.4 Å². The van der Waals surface area contributed by atoms with Gasteiger partial charge in [0.05, 0.1) is 26.4 Å². The second-order valence-electron chi connectivity index (χ2n) is 12.4. The lowest BCUT2D eigenvalue weighted by molar-refractivity contribution is 0.260. The van der Waals surface area contributed by atoms with Crippen LogP contribution < -0.4 is 18.9 Å². The number of aryl methyl sites for hydroxylation is 2. The Balaban J connectivity index is 1.93. The third-order valence-corrected chi connectivity index (χ3v) is 8.69. The van der Waals surface area contributed by atoms with Gasteiger partial charge in [0.25, 0.3) is 0 Å². The molecular formula is C40H56O4. The smallest absolute Gasteiger partial charge is 0.161 e. The number of hydrogen-bond acceptors (Lipinski definition) is 4. The van der Waals surface area contributed by atoms with Gasteiger partial charge in [-0.05, 0) is 107 Å². The molecule has 0 amide bonds. The van der Waals surface area contributed by atoms with E-state index < -0.39 is 0 Å². The average Bonchev–Trinajstić information content (AvgIpc) is 3.03. The van der Waals surface area contributed by atoms with Crippen molar-refractivity contribution < 1.29 is 18.9 Å². The number of unbranched alkanes of at least 4 members (excludes halogenated alkanes) is 8. The van der Waals surface area contributed by atoms with Gasteiger partial charge in [-0.25, -0.2) is 0 Å². The summed E-state index contributed by atoms with van der Waals surface area (Å²) in [6.45, 7) is 16.1. The normalized spacial score (nSPS) is 11.5. The van der Waals surface area contributed by atoms with Crippen LogP contribution in [0.3, 0.4) is 0 Å². The second kappa shape index (κ2) is 17.4. The molecule has 0 aliphatic carbocycles. The van der Waals surface area contributed by atoms with E-state index in [1.807, 2.05) is 0 Å². The fraction of sp³-hybridized carbons (Fsp3) is 0.550. The molecule has 4 aromatic carbocycles. The molecule has 4 rings (SSSR count). The van der Waals surface area contributed by atoms with E-state index in [0.29, 0.717) is 26.4 Å². The summed E-state index contributed by atoms with van der Waals surface area (Å²) in [4.78, 5) is 0. The van der Waals surface area contributed by atoms with Gasteiger partial charge in [0, 0.05) is 0 Å². The highest BCUT2D eigenvalue weighted by atomic mass is 16.5. The third kappa shape index (κ3) is 8.52. The van der Waals surface area contributed by atoms with Crippen molar-refractivity contribution in [2.75, 3.05) is 26.4 Å². The molecule has 0 aliphatic heterocycles. The van der Waals surface area contributed by atoms with Crippen LogP contribution in [0.25, 0.3) is 32.3 Å². The van der Waals surface area contributed by atoms with Gasteiger partial charge < -0.3 is 18.9 Å². The van der Waals surface area contributed by atoms with Gasteiger partial charge in [-0.1, -0.05) is 91.2 Å². The Morgan fingerprint density at radius 1 is 0.341 bits per heavy atom. The van der Waals surface area contributed by atoms with Crippen LogP contribution in [0.2, 0.25) is 0 Å². The molecule has 0 saturated carbocycles. The van der Waals surface area contributed by atoms with Crippen molar-refractivity contribution in [3.05, 3.63) is 47.5 Å². The molecule has 0 saturated heterocycles. The van der Waals surface area contributed by atoms with Crippen LogP contribution in [0.15, 0.2) is 36.4 Å². The molecule has 0 aromatic heterocycles.